The molecule has 0 spiro atoms. The fourth-order valence-corrected chi connectivity index (χ4v) is 2.72. The molecule has 6 nitrogen and oxygen atoms in total. The van der Waals surface area contributed by atoms with Crippen molar-refractivity contribution in [2.75, 3.05) is 5.32 Å². The summed E-state index contributed by atoms with van der Waals surface area (Å²) in [6.07, 6.45) is 1.69. The van der Waals surface area contributed by atoms with Gasteiger partial charge in [-0.15, -0.1) is 6.58 Å². The van der Waals surface area contributed by atoms with E-state index in [9.17, 15) is 14.7 Å². The number of carboxylic acids is 1. The minimum atomic E-state index is -1.14. The number of para-hydroxylation sites is 1. The Kier molecular flexibility index (Phi) is 4.54. The molecule has 1 aromatic heterocycles. The van der Waals surface area contributed by atoms with Crippen molar-refractivity contribution in [3.05, 3.63) is 76.1 Å². The summed E-state index contributed by atoms with van der Waals surface area (Å²) in [5, 5.41) is 12.8. The molecule has 0 saturated heterocycles. The van der Waals surface area contributed by atoms with Crippen molar-refractivity contribution in [1.82, 2.24) is 9.55 Å². The van der Waals surface area contributed by atoms with Gasteiger partial charge in [-0.1, -0.05) is 29.8 Å². The van der Waals surface area contributed by atoms with Crippen molar-refractivity contribution in [3.63, 3.8) is 0 Å². The summed E-state index contributed by atoms with van der Waals surface area (Å²) in [6.45, 7) is 4.16. The third-order valence-electron chi connectivity index (χ3n) is 3.65. The van der Waals surface area contributed by atoms with E-state index in [1.165, 1.54) is 12.1 Å². The van der Waals surface area contributed by atoms with E-state index >= 15 is 0 Å². The molecule has 0 aliphatic rings. The summed E-state index contributed by atoms with van der Waals surface area (Å²) < 4.78 is 1.79. The van der Waals surface area contributed by atoms with E-state index in [1.54, 1.807) is 28.8 Å². The Morgan fingerprint density at radius 2 is 2.08 bits per heavy atom. The van der Waals surface area contributed by atoms with Gasteiger partial charge in [-0.3, -0.25) is 4.79 Å². The van der Waals surface area contributed by atoms with Crippen molar-refractivity contribution >= 4 is 40.1 Å². The maximum absolute atomic E-state index is 12.3. The smallest absolute Gasteiger partial charge is 0.337 e. The average molecular weight is 356 g/mol. The zero-order valence-electron chi connectivity index (χ0n) is 13.1. The van der Waals surface area contributed by atoms with E-state index < -0.39 is 5.97 Å². The number of allylic oxidation sites excluding steroid dienone is 1. The van der Waals surface area contributed by atoms with E-state index in [2.05, 4.69) is 16.9 Å². The number of hydrogen-bond donors (Lipinski definition) is 2. The van der Waals surface area contributed by atoms with Crippen LogP contribution in [-0.2, 0) is 6.54 Å². The Balaban J connectivity index is 2.14. The molecule has 126 valence electrons. The topological polar surface area (TPSA) is 84.2 Å². The van der Waals surface area contributed by atoms with Gasteiger partial charge in [0.05, 0.1) is 21.5 Å². The van der Waals surface area contributed by atoms with Crippen LogP contribution >= 0.6 is 11.6 Å². The number of nitrogens with zero attached hydrogens (tertiary/aromatic N) is 2. The Morgan fingerprint density at radius 1 is 1.32 bits per heavy atom. The molecule has 7 heteroatoms. The van der Waals surface area contributed by atoms with Crippen LogP contribution < -0.4 is 10.9 Å². The Morgan fingerprint density at radius 3 is 2.80 bits per heavy atom. The lowest BCUT2D eigenvalue weighted by Crippen LogP contribution is -2.17. The molecule has 0 radical (unpaired) electrons. The molecule has 3 rings (SSSR count). The van der Waals surface area contributed by atoms with Gasteiger partial charge >= 0.3 is 5.97 Å². The second-order valence-corrected chi connectivity index (χ2v) is 5.69. The molecular weight excluding hydrogens is 342 g/mol. The van der Waals surface area contributed by atoms with Gasteiger partial charge in [0.1, 0.15) is 0 Å². The van der Waals surface area contributed by atoms with Gasteiger partial charge in [0.25, 0.3) is 5.56 Å². The highest BCUT2D eigenvalue weighted by Crippen LogP contribution is 2.24. The van der Waals surface area contributed by atoms with Crippen LogP contribution in [0, 0.1) is 0 Å². The number of halogens is 1. The summed E-state index contributed by atoms with van der Waals surface area (Å²) >= 11 is 5.89. The van der Waals surface area contributed by atoms with Crippen LogP contribution in [0.15, 0.2) is 59.9 Å². The molecule has 0 atom stereocenters. The van der Waals surface area contributed by atoms with Crippen LogP contribution in [0.2, 0.25) is 5.02 Å². The lowest BCUT2D eigenvalue weighted by Gasteiger charge is -2.15. The largest absolute Gasteiger partial charge is 0.478 e. The first-order chi connectivity index (χ1) is 12.0. The first-order valence-corrected chi connectivity index (χ1v) is 7.79. The van der Waals surface area contributed by atoms with Crippen molar-refractivity contribution in [1.29, 1.82) is 0 Å². The van der Waals surface area contributed by atoms with Crippen LogP contribution in [0.4, 0.5) is 11.6 Å². The van der Waals surface area contributed by atoms with Gasteiger partial charge < -0.3 is 15.0 Å². The van der Waals surface area contributed by atoms with E-state index in [0.29, 0.717) is 29.1 Å². The molecule has 25 heavy (non-hydrogen) atoms. The molecule has 3 aromatic rings. The van der Waals surface area contributed by atoms with Crippen molar-refractivity contribution in [3.8, 4) is 0 Å². The molecule has 2 aromatic carbocycles. The minimum absolute atomic E-state index is 0.0370. The second kappa shape index (κ2) is 6.78. The number of nitrogens with one attached hydrogen (secondary N) is 1. The van der Waals surface area contributed by atoms with Crippen molar-refractivity contribution < 1.29 is 9.90 Å². The van der Waals surface area contributed by atoms with E-state index in [0.717, 1.165) is 0 Å². The number of anilines is 2. The highest BCUT2D eigenvalue weighted by Gasteiger charge is 2.13. The summed E-state index contributed by atoms with van der Waals surface area (Å²) in [5.74, 6) is -0.842. The predicted octanol–water partition coefficient (Wildman–Crippen LogP) is 3.68. The SMILES string of the molecule is C=CCn1c(Nc2ccc(Cl)c(C(=O)O)c2)nc(=O)c2ccccc21. The second-order valence-electron chi connectivity index (χ2n) is 5.28. The summed E-state index contributed by atoms with van der Waals surface area (Å²) in [6, 6.07) is 11.6. The van der Waals surface area contributed by atoms with Crippen LogP contribution in [0.3, 0.4) is 0 Å². The molecule has 0 fully saturated rings. The Hall–Kier alpha value is -3.12. The predicted molar refractivity (Wildman–Crippen MR) is 97.9 cm³/mol. The Labute approximate surface area is 148 Å². The molecule has 0 amide bonds. The normalized spacial score (nSPS) is 10.6. The van der Waals surface area contributed by atoms with E-state index in [-0.39, 0.29) is 16.1 Å². The van der Waals surface area contributed by atoms with Gasteiger partial charge in [0.15, 0.2) is 0 Å². The molecule has 0 aliphatic heterocycles. The van der Waals surface area contributed by atoms with Crippen LogP contribution in [0.1, 0.15) is 10.4 Å². The van der Waals surface area contributed by atoms with Crippen LogP contribution in [-0.4, -0.2) is 20.6 Å². The quantitative estimate of drug-likeness (QED) is 0.682. The van der Waals surface area contributed by atoms with Gasteiger partial charge in [-0.05, 0) is 30.3 Å². The van der Waals surface area contributed by atoms with Gasteiger partial charge in [0.2, 0.25) is 5.95 Å². The van der Waals surface area contributed by atoms with Gasteiger partial charge in [-0.2, -0.15) is 4.98 Å². The summed E-state index contributed by atoms with van der Waals surface area (Å²) in [4.78, 5) is 27.6. The average Bonchev–Trinajstić information content (AvgIpc) is 2.60. The van der Waals surface area contributed by atoms with Crippen LogP contribution in [0.25, 0.3) is 10.9 Å². The standard InChI is InChI=1S/C18H14ClN3O3/c1-2-9-22-15-6-4-3-5-12(15)16(23)21-18(22)20-11-7-8-14(19)13(10-11)17(24)25/h2-8,10H,1,9H2,(H,24,25)(H,20,21,23). The molecule has 0 unspecified atom stereocenters. The fourth-order valence-electron chi connectivity index (χ4n) is 2.53. The summed E-state index contributed by atoms with van der Waals surface area (Å²) in [7, 11) is 0. The molecular formula is C18H14ClN3O3. The monoisotopic (exact) mass is 355 g/mol. The van der Waals surface area contributed by atoms with E-state index in [1.807, 2.05) is 12.1 Å². The number of hydrogen-bond acceptors (Lipinski definition) is 4. The first kappa shape index (κ1) is 16.7. The van der Waals surface area contributed by atoms with Crippen LogP contribution in [0.5, 0.6) is 0 Å². The Bertz CT molecular complexity index is 1040. The molecule has 0 aliphatic carbocycles. The molecule has 0 bridgehead atoms. The number of carboxylic acid groups (broad SMARTS) is 1. The number of rotatable bonds is 5. The zero-order valence-corrected chi connectivity index (χ0v) is 13.8. The highest BCUT2D eigenvalue weighted by atomic mass is 35.5. The summed E-state index contributed by atoms with van der Waals surface area (Å²) in [5.41, 5.74) is 0.759. The lowest BCUT2D eigenvalue weighted by atomic mass is 10.2. The molecule has 1 heterocycles. The van der Waals surface area contributed by atoms with Crippen molar-refractivity contribution in [2.45, 2.75) is 6.54 Å². The van der Waals surface area contributed by atoms with Crippen molar-refractivity contribution in [2.24, 2.45) is 0 Å². The number of benzene rings is 2. The molecule has 2 N–H and O–H groups in total. The lowest BCUT2D eigenvalue weighted by molar-refractivity contribution is 0.0697. The highest BCUT2D eigenvalue weighted by molar-refractivity contribution is 6.33. The van der Waals surface area contributed by atoms with Gasteiger partial charge in [-0.25, -0.2) is 4.79 Å². The number of aromatic carboxylic acids is 1. The number of aromatic nitrogens is 2. The maximum atomic E-state index is 12.3. The van der Waals surface area contributed by atoms with E-state index in [4.69, 9.17) is 11.6 Å². The number of carbonyl (C=O) groups is 1. The third-order valence-corrected chi connectivity index (χ3v) is 3.98. The van der Waals surface area contributed by atoms with Gasteiger partial charge in [0, 0.05) is 12.2 Å². The molecule has 0 saturated carbocycles. The maximum Gasteiger partial charge on any atom is 0.337 e. The number of fused-ring (bicyclic) bond motifs is 1. The zero-order chi connectivity index (χ0) is 18.0. The minimum Gasteiger partial charge on any atom is -0.478 e. The fraction of sp³-hybridized carbons (Fsp3) is 0.0556. The third kappa shape index (κ3) is 3.25. The first-order valence-electron chi connectivity index (χ1n) is 7.41.